The van der Waals surface area contributed by atoms with Crippen molar-refractivity contribution < 1.29 is 0 Å². The first-order chi connectivity index (χ1) is 8.22. The molecule has 4 nitrogen and oxygen atoms in total. The number of nitrogens with two attached hydrogens (primary N) is 1. The molecule has 0 atom stereocenters. The number of para-hydroxylation sites is 1. The highest BCUT2D eigenvalue weighted by Crippen LogP contribution is 2.20. The van der Waals surface area contributed by atoms with Crippen LogP contribution < -0.4 is 16.2 Å². The Morgan fingerprint density at radius 3 is 2.47 bits per heavy atom. The van der Waals surface area contributed by atoms with Gasteiger partial charge in [0.05, 0.1) is 0 Å². The lowest BCUT2D eigenvalue weighted by molar-refractivity contribution is 0.381. The molecule has 5 heteroatoms. The first-order valence-corrected chi connectivity index (χ1v) is 6.19. The Kier molecular flexibility index (Phi) is 3.81. The number of aryl methyl sites for hydroxylation is 1. The first kappa shape index (κ1) is 12.1. The minimum atomic E-state index is 0.634. The summed E-state index contributed by atoms with van der Waals surface area (Å²) in [4.78, 5) is 4.50. The molecular formula is C12H18N4S. The van der Waals surface area contributed by atoms with Gasteiger partial charge in [-0.2, -0.15) is 0 Å². The van der Waals surface area contributed by atoms with E-state index < -0.39 is 0 Å². The summed E-state index contributed by atoms with van der Waals surface area (Å²) in [5.74, 6) is 5.33. The summed E-state index contributed by atoms with van der Waals surface area (Å²) in [7, 11) is 0. The number of benzene rings is 1. The fourth-order valence-corrected chi connectivity index (χ4v) is 2.34. The van der Waals surface area contributed by atoms with Crippen LogP contribution in [0, 0.1) is 6.92 Å². The molecule has 3 N–H and O–H groups in total. The van der Waals surface area contributed by atoms with E-state index in [0.29, 0.717) is 5.11 Å². The van der Waals surface area contributed by atoms with Crippen molar-refractivity contribution >= 4 is 23.0 Å². The largest absolute Gasteiger partial charge is 0.368 e. The van der Waals surface area contributed by atoms with Crippen molar-refractivity contribution in [3.63, 3.8) is 0 Å². The summed E-state index contributed by atoms with van der Waals surface area (Å²) in [5, 5.41) is 0.634. The summed E-state index contributed by atoms with van der Waals surface area (Å²) in [5.41, 5.74) is 5.18. The van der Waals surface area contributed by atoms with E-state index in [9.17, 15) is 0 Å². The second-order valence-electron chi connectivity index (χ2n) is 4.21. The summed E-state index contributed by atoms with van der Waals surface area (Å²) in [6, 6.07) is 8.47. The third-order valence-corrected chi connectivity index (χ3v) is 3.52. The second-order valence-corrected chi connectivity index (χ2v) is 4.60. The Labute approximate surface area is 107 Å². The summed E-state index contributed by atoms with van der Waals surface area (Å²) in [6.45, 7) is 5.93. The van der Waals surface area contributed by atoms with Gasteiger partial charge in [-0.3, -0.25) is 0 Å². The highest BCUT2D eigenvalue weighted by Gasteiger charge is 2.19. The fraction of sp³-hybridized carbons (Fsp3) is 0.417. The molecule has 1 aliphatic rings. The number of nitrogens with zero attached hydrogens (tertiary/aromatic N) is 2. The van der Waals surface area contributed by atoms with Crippen LogP contribution in [0.4, 0.5) is 5.69 Å². The molecule has 0 amide bonds. The molecule has 0 unspecified atom stereocenters. The van der Waals surface area contributed by atoms with Crippen LogP contribution in [0.3, 0.4) is 0 Å². The predicted molar refractivity (Wildman–Crippen MR) is 74.9 cm³/mol. The van der Waals surface area contributed by atoms with Gasteiger partial charge in [0.1, 0.15) is 0 Å². The third-order valence-electron chi connectivity index (χ3n) is 3.15. The standard InChI is InChI=1S/C12H18N4S/c1-10-4-2-3-5-11(10)15-6-8-16(9-7-15)12(17)14-13/h2-5H,6-9,13H2,1H3,(H,14,17). The SMILES string of the molecule is Cc1ccccc1N1CCN(C(=S)NN)CC1. The van der Waals surface area contributed by atoms with E-state index in [1.807, 2.05) is 0 Å². The Morgan fingerprint density at radius 1 is 1.24 bits per heavy atom. The molecule has 0 spiro atoms. The van der Waals surface area contributed by atoms with Crippen LogP contribution >= 0.6 is 12.2 Å². The molecule has 0 radical (unpaired) electrons. The Balaban J connectivity index is 2.00. The van der Waals surface area contributed by atoms with Gasteiger partial charge in [0.2, 0.25) is 0 Å². The van der Waals surface area contributed by atoms with Crippen LogP contribution in [0.15, 0.2) is 24.3 Å². The molecule has 1 fully saturated rings. The maximum Gasteiger partial charge on any atom is 0.183 e. The van der Waals surface area contributed by atoms with Crippen LogP contribution in [0.1, 0.15) is 5.56 Å². The van der Waals surface area contributed by atoms with Crippen molar-refractivity contribution in [2.45, 2.75) is 6.92 Å². The van der Waals surface area contributed by atoms with Gasteiger partial charge < -0.3 is 15.2 Å². The van der Waals surface area contributed by atoms with Crippen molar-refractivity contribution in [3.05, 3.63) is 29.8 Å². The van der Waals surface area contributed by atoms with Gasteiger partial charge in [0, 0.05) is 31.9 Å². The van der Waals surface area contributed by atoms with Crippen LogP contribution in [-0.4, -0.2) is 36.2 Å². The number of hydrogen-bond donors (Lipinski definition) is 2. The van der Waals surface area contributed by atoms with Crippen LogP contribution in [-0.2, 0) is 0 Å². The van der Waals surface area contributed by atoms with E-state index in [2.05, 4.69) is 46.4 Å². The molecule has 2 rings (SSSR count). The van der Waals surface area contributed by atoms with E-state index in [0.717, 1.165) is 26.2 Å². The van der Waals surface area contributed by atoms with Gasteiger partial charge in [-0.25, -0.2) is 5.84 Å². The fourth-order valence-electron chi connectivity index (χ4n) is 2.16. The van der Waals surface area contributed by atoms with Crippen molar-refractivity contribution in [1.29, 1.82) is 0 Å². The summed E-state index contributed by atoms with van der Waals surface area (Å²) < 4.78 is 0. The highest BCUT2D eigenvalue weighted by molar-refractivity contribution is 7.80. The van der Waals surface area contributed by atoms with Gasteiger partial charge in [-0.05, 0) is 30.8 Å². The maximum atomic E-state index is 5.33. The predicted octanol–water partition coefficient (Wildman–Crippen LogP) is 0.865. The highest BCUT2D eigenvalue weighted by atomic mass is 32.1. The van der Waals surface area contributed by atoms with E-state index in [1.165, 1.54) is 11.3 Å². The molecule has 0 aliphatic carbocycles. The molecule has 17 heavy (non-hydrogen) atoms. The second kappa shape index (κ2) is 5.33. The number of nitrogens with one attached hydrogen (secondary N) is 1. The number of hydrazine groups is 1. The number of rotatable bonds is 1. The first-order valence-electron chi connectivity index (χ1n) is 5.78. The van der Waals surface area contributed by atoms with Crippen molar-refractivity contribution in [1.82, 2.24) is 10.3 Å². The topological polar surface area (TPSA) is 44.5 Å². The van der Waals surface area contributed by atoms with Crippen LogP contribution in [0.5, 0.6) is 0 Å². The molecule has 92 valence electrons. The van der Waals surface area contributed by atoms with Gasteiger partial charge in [0.15, 0.2) is 5.11 Å². The zero-order valence-electron chi connectivity index (χ0n) is 10.0. The van der Waals surface area contributed by atoms with E-state index in [4.69, 9.17) is 18.1 Å². The van der Waals surface area contributed by atoms with Crippen LogP contribution in [0.25, 0.3) is 0 Å². The average molecular weight is 250 g/mol. The monoisotopic (exact) mass is 250 g/mol. The van der Waals surface area contributed by atoms with Crippen molar-refractivity contribution in [2.24, 2.45) is 5.84 Å². The molecule has 0 bridgehead atoms. The van der Waals surface area contributed by atoms with Gasteiger partial charge >= 0.3 is 0 Å². The van der Waals surface area contributed by atoms with E-state index in [-0.39, 0.29) is 0 Å². The lowest BCUT2D eigenvalue weighted by Crippen LogP contribution is -2.53. The van der Waals surface area contributed by atoms with Gasteiger partial charge in [-0.15, -0.1) is 0 Å². The minimum absolute atomic E-state index is 0.634. The zero-order chi connectivity index (χ0) is 12.3. The molecular weight excluding hydrogens is 232 g/mol. The number of thiocarbonyl (C=S) groups is 1. The van der Waals surface area contributed by atoms with Crippen LogP contribution in [0.2, 0.25) is 0 Å². The molecule has 1 aliphatic heterocycles. The Hall–Kier alpha value is -1.33. The van der Waals surface area contributed by atoms with E-state index >= 15 is 0 Å². The third kappa shape index (κ3) is 2.68. The van der Waals surface area contributed by atoms with Gasteiger partial charge in [-0.1, -0.05) is 18.2 Å². The van der Waals surface area contributed by atoms with Gasteiger partial charge in [0.25, 0.3) is 0 Å². The molecule has 0 saturated carbocycles. The lowest BCUT2D eigenvalue weighted by atomic mass is 10.1. The molecule has 1 aromatic rings. The Morgan fingerprint density at radius 2 is 1.88 bits per heavy atom. The van der Waals surface area contributed by atoms with Crippen molar-refractivity contribution in [2.75, 3.05) is 31.1 Å². The Bertz CT molecular complexity index is 399. The summed E-state index contributed by atoms with van der Waals surface area (Å²) in [6.07, 6.45) is 0. The quantitative estimate of drug-likeness (QED) is 0.440. The summed E-state index contributed by atoms with van der Waals surface area (Å²) >= 11 is 5.13. The molecule has 1 aromatic carbocycles. The average Bonchev–Trinajstić information content (AvgIpc) is 2.39. The molecule has 0 aromatic heterocycles. The number of hydrogen-bond acceptors (Lipinski definition) is 3. The van der Waals surface area contributed by atoms with E-state index in [1.54, 1.807) is 0 Å². The normalized spacial score (nSPS) is 15.9. The minimum Gasteiger partial charge on any atom is -0.368 e. The molecule has 1 saturated heterocycles. The molecule has 1 heterocycles. The lowest BCUT2D eigenvalue weighted by Gasteiger charge is -2.37. The maximum absolute atomic E-state index is 5.33. The smallest absolute Gasteiger partial charge is 0.183 e. The number of piperazine rings is 1. The number of anilines is 1. The van der Waals surface area contributed by atoms with Crippen molar-refractivity contribution in [3.8, 4) is 0 Å². The zero-order valence-corrected chi connectivity index (χ0v) is 10.8.